The molecule has 2 heterocycles. The summed E-state index contributed by atoms with van der Waals surface area (Å²) >= 11 is 1.57. The predicted molar refractivity (Wildman–Crippen MR) is 82.8 cm³/mol. The largest absolute Gasteiger partial charge is 0.308 e. The number of hydrogen-bond acceptors (Lipinski definition) is 5. The Hall–Kier alpha value is -1.73. The number of thiophene rings is 1. The molecule has 0 saturated heterocycles. The highest BCUT2D eigenvalue weighted by molar-refractivity contribution is 7.14. The number of anilines is 1. The second-order valence-corrected chi connectivity index (χ2v) is 6.68. The summed E-state index contributed by atoms with van der Waals surface area (Å²) in [5, 5.41) is 7.01. The molecular weight excluding hydrogens is 286 g/mol. The molecule has 3 rings (SSSR count). The molecule has 0 unspecified atom stereocenters. The molecule has 1 aliphatic rings. The summed E-state index contributed by atoms with van der Waals surface area (Å²) in [6.45, 7) is 1.63. The van der Waals surface area contributed by atoms with Gasteiger partial charge in [-0.3, -0.25) is 10.1 Å². The van der Waals surface area contributed by atoms with E-state index in [2.05, 4.69) is 26.4 Å². The fourth-order valence-corrected chi connectivity index (χ4v) is 3.06. The maximum Gasteiger partial charge on any atom is 0.268 e. The Morgan fingerprint density at radius 1 is 1.48 bits per heavy atom. The van der Waals surface area contributed by atoms with Gasteiger partial charge in [0.1, 0.15) is 6.33 Å². The first kappa shape index (κ1) is 14.2. The van der Waals surface area contributed by atoms with Gasteiger partial charge in [-0.15, -0.1) is 16.4 Å². The molecule has 0 aromatic carbocycles. The van der Waals surface area contributed by atoms with Gasteiger partial charge in [0.05, 0.1) is 11.4 Å². The summed E-state index contributed by atoms with van der Waals surface area (Å²) in [5.74, 6) is 0.914. The van der Waals surface area contributed by atoms with E-state index in [9.17, 15) is 4.79 Å². The van der Waals surface area contributed by atoms with E-state index < -0.39 is 0 Å². The fraction of sp³-hybridized carbons (Fsp3) is 0.500. The average Bonchev–Trinajstić information content (AvgIpc) is 3.01. The average molecular weight is 305 g/mol. The Morgan fingerprint density at radius 2 is 2.29 bits per heavy atom. The van der Waals surface area contributed by atoms with Gasteiger partial charge in [-0.2, -0.15) is 0 Å². The molecule has 2 aromatic rings. The fourth-order valence-electron chi connectivity index (χ4n) is 1.99. The van der Waals surface area contributed by atoms with Crippen LogP contribution in [0.5, 0.6) is 0 Å². The van der Waals surface area contributed by atoms with Crippen LogP contribution in [0.4, 0.5) is 5.95 Å². The number of nitrogens with zero attached hydrogens (tertiary/aromatic N) is 4. The first-order valence-electron chi connectivity index (χ1n) is 7.07. The smallest absolute Gasteiger partial charge is 0.268 e. The SMILES string of the molecule is CN(C)CCn1cnc(NC(=O)c2ccc(C3CC3)s2)n1. The van der Waals surface area contributed by atoms with Crippen molar-refractivity contribution in [1.82, 2.24) is 19.7 Å². The molecule has 0 bridgehead atoms. The zero-order valence-electron chi connectivity index (χ0n) is 12.2. The van der Waals surface area contributed by atoms with Gasteiger partial charge >= 0.3 is 0 Å². The van der Waals surface area contributed by atoms with Crippen molar-refractivity contribution in [2.24, 2.45) is 0 Å². The first-order chi connectivity index (χ1) is 10.1. The number of nitrogens with one attached hydrogen (secondary N) is 1. The zero-order valence-corrected chi connectivity index (χ0v) is 13.1. The summed E-state index contributed by atoms with van der Waals surface area (Å²) in [5.41, 5.74) is 0. The van der Waals surface area contributed by atoms with Gasteiger partial charge in [0.25, 0.3) is 5.91 Å². The third kappa shape index (κ3) is 3.68. The number of aromatic nitrogens is 3. The van der Waals surface area contributed by atoms with E-state index in [4.69, 9.17) is 0 Å². The molecule has 1 N–H and O–H groups in total. The third-order valence-corrected chi connectivity index (χ3v) is 4.61. The Bertz CT molecular complexity index is 629. The number of likely N-dealkylation sites (N-methyl/N-ethyl adjacent to an activating group) is 1. The summed E-state index contributed by atoms with van der Waals surface area (Å²) < 4.78 is 1.74. The quantitative estimate of drug-likeness (QED) is 0.887. The standard InChI is InChI=1S/C14H19N5OS/c1-18(2)7-8-19-9-15-14(17-19)16-13(20)12-6-5-11(21-12)10-3-4-10/h5-6,9-10H,3-4,7-8H2,1-2H3,(H,16,17,20). The Labute approximate surface area is 127 Å². The second kappa shape index (κ2) is 5.95. The van der Waals surface area contributed by atoms with Crippen molar-refractivity contribution in [1.29, 1.82) is 0 Å². The third-order valence-electron chi connectivity index (χ3n) is 3.37. The summed E-state index contributed by atoms with van der Waals surface area (Å²) in [6, 6.07) is 3.94. The predicted octanol–water partition coefficient (Wildman–Crippen LogP) is 2.03. The lowest BCUT2D eigenvalue weighted by molar-refractivity contribution is 0.102. The van der Waals surface area contributed by atoms with E-state index in [1.54, 1.807) is 22.3 Å². The molecule has 0 atom stereocenters. The van der Waals surface area contributed by atoms with Crippen LogP contribution in [-0.4, -0.2) is 46.2 Å². The van der Waals surface area contributed by atoms with Gasteiger partial charge in [0.2, 0.25) is 5.95 Å². The Balaban J connectivity index is 1.58. The van der Waals surface area contributed by atoms with Crippen molar-refractivity contribution in [3.63, 3.8) is 0 Å². The number of hydrogen-bond donors (Lipinski definition) is 1. The van der Waals surface area contributed by atoms with Gasteiger partial charge in [-0.05, 0) is 45.0 Å². The van der Waals surface area contributed by atoms with Gasteiger partial charge < -0.3 is 4.90 Å². The molecule has 2 aromatic heterocycles. The van der Waals surface area contributed by atoms with E-state index in [0.29, 0.717) is 11.9 Å². The Kier molecular flexibility index (Phi) is 4.03. The molecule has 0 radical (unpaired) electrons. The van der Waals surface area contributed by atoms with Crippen molar-refractivity contribution in [2.75, 3.05) is 26.0 Å². The normalized spacial score (nSPS) is 14.6. The maximum atomic E-state index is 12.1. The number of carbonyl (C=O) groups is 1. The molecule has 1 saturated carbocycles. The second-order valence-electron chi connectivity index (χ2n) is 5.56. The van der Waals surface area contributed by atoms with Gasteiger partial charge in [0, 0.05) is 11.4 Å². The van der Waals surface area contributed by atoms with Crippen molar-refractivity contribution in [3.8, 4) is 0 Å². The minimum absolute atomic E-state index is 0.128. The van der Waals surface area contributed by atoms with Crippen LogP contribution < -0.4 is 5.32 Å². The molecule has 6 nitrogen and oxygen atoms in total. The molecule has 21 heavy (non-hydrogen) atoms. The number of rotatable bonds is 6. The highest BCUT2D eigenvalue weighted by Gasteiger charge is 2.26. The van der Waals surface area contributed by atoms with Crippen molar-refractivity contribution >= 4 is 23.2 Å². The van der Waals surface area contributed by atoms with Crippen molar-refractivity contribution < 1.29 is 4.79 Å². The molecule has 0 spiro atoms. The molecule has 1 fully saturated rings. The molecule has 7 heteroatoms. The van der Waals surface area contributed by atoms with Crippen LogP contribution >= 0.6 is 11.3 Å². The zero-order chi connectivity index (χ0) is 14.8. The van der Waals surface area contributed by atoms with E-state index in [1.165, 1.54) is 17.7 Å². The lowest BCUT2D eigenvalue weighted by atomic mass is 10.3. The summed E-state index contributed by atoms with van der Waals surface area (Å²) in [4.78, 5) is 20.4. The van der Waals surface area contributed by atoms with Crippen LogP contribution in [0.1, 0.15) is 33.3 Å². The van der Waals surface area contributed by atoms with E-state index in [0.717, 1.165) is 18.0 Å². The monoisotopic (exact) mass is 305 g/mol. The number of amides is 1. The van der Waals surface area contributed by atoms with E-state index >= 15 is 0 Å². The van der Waals surface area contributed by atoms with E-state index in [-0.39, 0.29) is 5.91 Å². The van der Waals surface area contributed by atoms with Crippen LogP contribution in [0.2, 0.25) is 0 Å². The number of carbonyl (C=O) groups excluding carboxylic acids is 1. The lowest BCUT2D eigenvalue weighted by Crippen LogP contribution is -2.19. The van der Waals surface area contributed by atoms with Crippen LogP contribution in [-0.2, 0) is 6.54 Å². The molecule has 1 amide bonds. The minimum Gasteiger partial charge on any atom is -0.308 e. The van der Waals surface area contributed by atoms with Crippen molar-refractivity contribution in [2.45, 2.75) is 25.3 Å². The molecule has 1 aliphatic carbocycles. The topological polar surface area (TPSA) is 63.1 Å². The van der Waals surface area contributed by atoms with Crippen LogP contribution in [0, 0.1) is 0 Å². The first-order valence-corrected chi connectivity index (χ1v) is 7.89. The lowest BCUT2D eigenvalue weighted by Gasteiger charge is -2.07. The van der Waals surface area contributed by atoms with E-state index in [1.807, 2.05) is 20.2 Å². The van der Waals surface area contributed by atoms with Crippen LogP contribution in [0.25, 0.3) is 0 Å². The molecular formula is C14H19N5OS. The van der Waals surface area contributed by atoms with Gasteiger partial charge in [-0.25, -0.2) is 9.67 Å². The van der Waals surface area contributed by atoms with Crippen LogP contribution in [0.3, 0.4) is 0 Å². The molecule has 112 valence electrons. The van der Waals surface area contributed by atoms with Gasteiger partial charge in [-0.1, -0.05) is 0 Å². The highest BCUT2D eigenvalue weighted by Crippen LogP contribution is 2.43. The minimum atomic E-state index is -0.128. The Morgan fingerprint density at radius 3 is 3.00 bits per heavy atom. The summed E-state index contributed by atoms with van der Waals surface area (Å²) in [6.07, 6.45) is 4.14. The summed E-state index contributed by atoms with van der Waals surface area (Å²) in [7, 11) is 4.02. The van der Waals surface area contributed by atoms with Crippen LogP contribution in [0.15, 0.2) is 18.5 Å². The van der Waals surface area contributed by atoms with Crippen molar-refractivity contribution in [3.05, 3.63) is 28.2 Å². The highest BCUT2D eigenvalue weighted by atomic mass is 32.1. The maximum absolute atomic E-state index is 12.1. The van der Waals surface area contributed by atoms with Gasteiger partial charge in [0.15, 0.2) is 0 Å². The molecule has 0 aliphatic heterocycles.